The van der Waals surface area contributed by atoms with Gasteiger partial charge in [0.25, 0.3) is 0 Å². The molecule has 0 radical (unpaired) electrons. The summed E-state index contributed by atoms with van der Waals surface area (Å²) in [5, 5.41) is 14.1. The van der Waals surface area contributed by atoms with Crippen molar-refractivity contribution in [1.82, 2.24) is 14.8 Å². The third kappa shape index (κ3) is 6.44. The minimum atomic E-state index is -0.937. The van der Waals surface area contributed by atoms with Gasteiger partial charge in [-0.05, 0) is 41.0 Å². The minimum Gasteiger partial charge on any atom is -0.478 e. The fraction of sp³-hybridized carbons (Fsp3) is 0.448. The Hall–Kier alpha value is -3.28. The first-order valence-corrected chi connectivity index (χ1v) is 12.8. The Bertz CT molecular complexity index is 1160. The van der Waals surface area contributed by atoms with Gasteiger partial charge in [-0.3, -0.25) is 4.79 Å². The molecule has 6 nitrogen and oxygen atoms in total. The Balaban J connectivity index is 1.53. The summed E-state index contributed by atoms with van der Waals surface area (Å²) >= 11 is 0. The number of hydrogen-bond donors (Lipinski definition) is 1. The standard InChI is InChI=1S/C29H35N3O3/c1-20(2)16-17-32-27(30-28(31-32)26(33)18-21-8-4-3-5-9-21)19-22-12-14-23(15-13-22)24-10-6-7-11-25(24)29(34)35/h6-7,10-15,20-21H,3-5,8-9,16-19H2,1-2H3,(H,34,35). The molecule has 1 heterocycles. The van der Waals surface area contributed by atoms with E-state index in [1.54, 1.807) is 12.1 Å². The van der Waals surface area contributed by atoms with Crippen LogP contribution in [-0.2, 0) is 13.0 Å². The van der Waals surface area contributed by atoms with Gasteiger partial charge in [0, 0.05) is 19.4 Å². The summed E-state index contributed by atoms with van der Waals surface area (Å²) in [6, 6.07) is 14.9. The van der Waals surface area contributed by atoms with Crippen molar-refractivity contribution in [2.45, 2.75) is 71.8 Å². The first-order chi connectivity index (χ1) is 16.9. The van der Waals surface area contributed by atoms with Gasteiger partial charge in [0.1, 0.15) is 5.82 Å². The number of nitrogens with zero attached hydrogens (tertiary/aromatic N) is 3. The normalized spacial score (nSPS) is 14.4. The molecule has 0 amide bonds. The quantitative estimate of drug-likeness (QED) is 0.343. The molecule has 4 rings (SSSR count). The largest absolute Gasteiger partial charge is 0.478 e. The van der Waals surface area contributed by atoms with Crippen molar-refractivity contribution < 1.29 is 14.7 Å². The van der Waals surface area contributed by atoms with Crippen LogP contribution in [0.15, 0.2) is 48.5 Å². The number of Topliss-reactive ketones (excluding diaryl/α,β-unsaturated/α-hetero) is 1. The second-order valence-corrected chi connectivity index (χ2v) is 10.1. The van der Waals surface area contributed by atoms with Gasteiger partial charge >= 0.3 is 5.97 Å². The number of ketones is 1. The van der Waals surface area contributed by atoms with Crippen LogP contribution in [0, 0.1) is 11.8 Å². The molecule has 1 fully saturated rings. The highest BCUT2D eigenvalue weighted by Crippen LogP contribution is 2.28. The molecular formula is C29H35N3O3. The predicted octanol–water partition coefficient (Wildman–Crippen LogP) is 6.43. The van der Waals surface area contributed by atoms with E-state index >= 15 is 0 Å². The SMILES string of the molecule is CC(C)CCn1nc(C(=O)CC2CCCCC2)nc1Cc1ccc(-c2ccccc2C(=O)O)cc1. The molecule has 1 N–H and O–H groups in total. The number of carboxylic acids is 1. The smallest absolute Gasteiger partial charge is 0.336 e. The van der Waals surface area contributed by atoms with Gasteiger partial charge in [0.2, 0.25) is 11.6 Å². The lowest BCUT2D eigenvalue weighted by Crippen LogP contribution is -2.14. The number of benzene rings is 2. The lowest BCUT2D eigenvalue weighted by molar-refractivity contribution is 0.0697. The lowest BCUT2D eigenvalue weighted by atomic mass is 9.86. The number of rotatable bonds is 10. The molecule has 2 aromatic carbocycles. The number of carbonyl (C=O) groups excluding carboxylic acids is 1. The lowest BCUT2D eigenvalue weighted by Gasteiger charge is -2.19. The molecule has 0 atom stereocenters. The number of hydrogen-bond acceptors (Lipinski definition) is 4. The monoisotopic (exact) mass is 473 g/mol. The summed E-state index contributed by atoms with van der Waals surface area (Å²) in [5.74, 6) is 1.26. The van der Waals surface area contributed by atoms with E-state index in [9.17, 15) is 14.7 Å². The third-order valence-electron chi connectivity index (χ3n) is 6.90. The van der Waals surface area contributed by atoms with Crippen LogP contribution in [-0.4, -0.2) is 31.6 Å². The molecule has 184 valence electrons. The number of aromatic nitrogens is 3. The highest BCUT2D eigenvalue weighted by Gasteiger charge is 2.22. The number of aryl methyl sites for hydroxylation is 1. The van der Waals surface area contributed by atoms with E-state index in [0.717, 1.165) is 42.8 Å². The molecule has 35 heavy (non-hydrogen) atoms. The van der Waals surface area contributed by atoms with Crippen LogP contribution >= 0.6 is 0 Å². The number of aromatic carboxylic acids is 1. The molecule has 0 spiro atoms. The van der Waals surface area contributed by atoms with Crippen LogP contribution in [0.4, 0.5) is 0 Å². The summed E-state index contributed by atoms with van der Waals surface area (Å²) in [6.45, 7) is 5.10. The molecule has 1 saturated carbocycles. The zero-order valence-corrected chi connectivity index (χ0v) is 20.7. The summed E-state index contributed by atoms with van der Waals surface area (Å²) in [6.07, 6.45) is 8.05. The van der Waals surface area contributed by atoms with Crippen LogP contribution in [0.5, 0.6) is 0 Å². The average molecular weight is 474 g/mol. The van der Waals surface area contributed by atoms with Gasteiger partial charge in [-0.2, -0.15) is 0 Å². The topological polar surface area (TPSA) is 85.1 Å². The zero-order valence-electron chi connectivity index (χ0n) is 20.7. The highest BCUT2D eigenvalue weighted by molar-refractivity contribution is 5.96. The maximum atomic E-state index is 13.0. The maximum Gasteiger partial charge on any atom is 0.336 e. The van der Waals surface area contributed by atoms with Crippen molar-refractivity contribution in [1.29, 1.82) is 0 Å². The van der Waals surface area contributed by atoms with Gasteiger partial charge < -0.3 is 5.11 Å². The summed E-state index contributed by atoms with van der Waals surface area (Å²) in [7, 11) is 0. The first kappa shape index (κ1) is 24.8. The fourth-order valence-corrected chi connectivity index (χ4v) is 4.83. The maximum absolute atomic E-state index is 13.0. The average Bonchev–Trinajstić information content (AvgIpc) is 3.26. The van der Waals surface area contributed by atoms with Crippen LogP contribution in [0.25, 0.3) is 11.1 Å². The van der Waals surface area contributed by atoms with Crippen molar-refractivity contribution in [3.8, 4) is 11.1 Å². The van der Waals surface area contributed by atoms with E-state index in [1.165, 1.54) is 19.3 Å². The van der Waals surface area contributed by atoms with E-state index in [0.29, 0.717) is 36.1 Å². The molecule has 3 aromatic rings. The van der Waals surface area contributed by atoms with E-state index < -0.39 is 5.97 Å². The molecule has 1 aliphatic rings. The predicted molar refractivity (Wildman–Crippen MR) is 137 cm³/mol. The van der Waals surface area contributed by atoms with Crippen molar-refractivity contribution in [2.75, 3.05) is 0 Å². The molecule has 0 unspecified atom stereocenters. The second kappa shape index (κ2) is 11.4. The van der Waals surface area contributed by atoms with Crippen LogP contribution in [0.1, 0.15) is 91.2 Å². The van der Waals surface area contributed by atoms with Crippen molar-refractivity contribution in [2.24, 2.45) is 11.8 Å². The molecule has 0 aliphatic heterocycles. The number of carboxylic acid groups (broad SMARTS) is 1. The Morgan fingerprint density at radius 1 is 1.03 bits per heavy atom. The first-order valence-electron chi connectivity index (χ1n) is 12.8. The second-order valence-electron chi connectivity index (χ2n) is 10.1. The summed E-state index contributed by atoms with van der Waals surface area (Å²) in [4.78, 5) is 29.3. The molecule has 0 saturated heterocycles. The van der Waals surface area contributed by atoms with Gasteiger partial charge in [-0.15, -0.1) is 5.10 Å². The number of carbonyl (C=O) groups is 2. The third-order valence-corrected chi connectivity index (χ3v) is 6.90. The van der Waals surface area contributed by atoms with E-state index in [2.05, 4.69) is 18.9 Å². The Kier molecular flexibility index (Phi) is 8.11. The zero-order chi connectivity index (χ0) is 24.8. The van der Waals surface area contributed by atoms with Crippen molar-refractivity contribution in [3.63, 3.8) is 0 Å². The van der Waals surface area contributed by atoms with Gasteiger partial charge in [-0.25, -0.2) is 14.5 Å². The van der Waals surface area contributed by atoms with E-state index in [1.807, 2.05) is 41.1 Å². The minimum absolute atomic E-state index is 0.0575. The Morgan fingerprint density at radius 3 is 2.43 bits per heavy atom. The Labute approximate surface area is 207 Å². The van der Waals surface area contributed by atoms with Gasteiger partial charge in [0.05, 0.1) is 5.56 Å². The van der Waals surface area contributed by atoms with E-state index in [-0.39, 0.29) is 11.3 Å². The van der Waals surface area contributed by atoms with Crippen LogP contribution in [0.2, 0.25) is 0 Å². The molecular weight excluding hydrogens is 438 g/mol. The van der Waals surface area contributed by atoms with Gasteiger partial charge in [-0.1, -0.05) is 88.4 Å². The Morgan fingerprint density at radius 2 is 1.74 bits per heavy atom. The molecule has 6 heteroatoms. The van der Waals surface area contributed by atoms with Crippen LogP contribution in [0.3, 0.4) is 0 Å². The fourth-order valence-electron chi connectivity index (χ4n) is 4.83. The van der Waals surface area contributed by atoms with E-state index in [4.69, 9.17) is 4.98 Å². The van der Waals surface area contributed by atoms with Crippen molar-refractivity contribution >= 4 is 11.8 Å². The molecule has 1 aliphatic carbocycles. The van der Waals surface area contributed by atoms with Gasteiger partial charge in [0.15, 0.2) is 0 Å². The van der Waals surface area contributed by atoms with Crippen LogP contribution < -0.4 is 0 Å². The highest BCUT2D eigenvalue weighted by atomic mass is 16.4. The molecule has 1 aromatic heterocycles. The summed E-state index contributed by atoms with van der Waals surface area (Å²) < 4.78 is 1.90. The molecule has 0 bridgehead atoms. The summed E-state index contributed by atoms with van der Waals surface area (Å²) in [5.41, 5.74) is 2.89. The van der Waals surface area contributed by atoms with Crippen molar-refractivity contribution in [3.05, 3.63) is 71.3 Å².